The molecule has 0 aliphatic carbocycles. The second-order valence-corrected chi connectivity index (χ2v) is 30.5. The predicted molar refractivity (Wildman–Crippen MR) is 396 cm³/mol. The van der Waals surface area contributed by atoms with Crippen LogP contribution in [0.5, 0.6) is 28.7 Å². The second-order valence-electron chi connectivity index (χ2n) is 30.5. The van der Waals surface area contributed by atoms with Crippen molar-refractivity contribution in [1.82, 2.24) is 19.6 Å². The summed E-state index contributed by atoms with van der Waals surface area (Å²) in [6, 6.07) is 42.0. The Hall–Kier alpha value is -8.99. The minimum Gasteiger partial charge on any atom is -0.497 e. The van der Waals surface area contributed by atoms with Crippen LogP contribution in [-0.4, -0.2) is 172 Å². The van der Waals surface area contributed by atoms with Crippen molar-refractivity contribution in [2.45, 2.75) is 182 Å². The molecule has 9 rings (SSSR count). The van der Waals surface area contributed by atoms with Crippen LogP contribution in [-0.2, 0) is 28.5 Å². The van der Waals surface area contributed by atoms with Crippen molar-refractivity contribution in [3.05, 3.63) is 149 Å². The van der Waals surface area contributed by atoms with Gasteiger partial charge < -0.3 is 67.3 Å². The van der Waals surface area contributed by atoms with E-state index >= 15 is 0 Å². The number of hydrogen-bond acceptors (Lipinski definition) is 17. The zero-order chi connectivity index (χ0) is 76.2. The van der Waals surface area contributed by atoms with Gasteiger partial charge in [0.2, 0.25) is 0 Å². The topological polar surface area (TPSA) is 242 Å². The van der Waals surface area contributed by atoms with E-state index in [9.17, 15) is 24.3 Å². The van der Waals surface area contributed by atoms with Gasteiger partial charge in [-0.05, 0) is 233 Å². The minimum atomic E-state index is -0.534. The Labute approximate surface area is 612 Å². The highest BCUT2D eigenvalue weighted by Gasteiger charge is 2.38. The van der Waals surface area contributed by atoms with Crippen LogP contribution in [0.2, 0.25) is 0 Å². The standard InChI is InChI=1S/C25H30N2O4.2C19H29NO3.C18H27NO4.CO2/c1-25(2,3)31-24(28)27-13-12-23(19-8-10-21(29-4)11-9-19)20(16-27)17-30-22-7-5-6-18(14-22)15-26;2*1-6-14-13-20(18(21)23-19(2,3)4)12-11-17(14)15-7-9-16(22-5)10-8-15;1-18(2,3)23-17(21)19-10-9-16(14(11-19)12-20)13-5-7-15(22-4)8-6-13;2-1-3/h5-11,14,20,23H,12-13,16-17H2,1-4H3;2*7-10,14,17H,6,11-13H2,1-5H3;5-8,14,16,20H,9-12H2,1-4H3;/t20-,23+;2*14-,17+;14-,16+;/m1001./s1. The van der Waals surface area contributed by atoms with Crippen molar-refractivity contribution in [2.75, 3.05) is 94.0 Å². The zero-order valence-electron chi connectivity index (χ0n) is 64.3. The molecule has 0 aromatic heterocycles. The van der Waals surface area contributed by atoms with Gasteiger partial charge in [-0.15, -0.1) is 0 Å². The molecule has 5 aromatic rings. The number of benzene rings is 5. The van der Waals surface area contributed by atoms with Crippen LogP contribution < -0.4 is 23.7 Å². The number of rotatable bonds is 14. The average molecular weight is 1430 g/mol. The fraction of sp³-hybridized carbons (Fsp3) is 0.561. The van der Waals surface area contributed by atoms with E-state index in [4.69, 9.17) is 57.5 Å². The summed E-state index contributed by atoms with van der Waals surface area (Å²) in [6.45, 7) is 32.9. The van der Waals surface area contributed by atoms with E-state index in [1.807, 2.05) is 166 Å². The van der Waals surface area contributed by atoms with Gasteiger partial charge in [0.25, 0.3) is 0 Å². The number of aliphatic hydroxyl groups is 1. The van der Waals surface area contributed by atoms with Gasteiger partial charge in [-0.25, -0.2) is 19.2 Å². The summed E-state index contributed by atoms with van der Waals surface area (Å²) < 4.78 is 49.0. The first kappa shape index (κ1) is 84.7. The summed E-state index contributed by atoms with van der Waals surface area (Å²) in [7, 11) is 6.66. The summed E-state index contributed by atoms with van der Waals surface area (Å²) in [5, 5.41) is 18.9. The smallest absolute Gasteiger partial charge is 0.410 e. The number of carbonyl (C=O) groups excluding carboxylic acids is 6. The van der Waals surface area contributed by atoms with E-state index in [1.165, 1.54) is 22.3 Å². The third kappa shape index (κ3) is 28.0. The van der Waals surface area contributed by atoms with Crippen LogP contribution in [0.15, 0.2) is 121 Å². The van der Waals surface area contributed by atoms with Crippen molar-refractivity contribution in [2.24, 2.45) is 23.7 Å². The van der Waals surface area contributed by atoms with Gasteiger partial charge in [-0.3, -0.25) is 0 Å². The molecule has 4 heterocycles. The minimum absolute atomic E-state index is 0.0182. The normalized spacial score (nSPS) is 20.4. The number of piperidine rings is 4. The third-order valence-electron chi connectivity index (χ3n) is 18.4. The van der Waals surface area contributed by atoms with E-state index in [0.29, 0.717) is 67.8 Å². The number of carbonyl (C=O) groups is 4. The Bertz CT molecular complexity index is 3240. The first-order chi connectivity index (χ1) is 48.7. The van der Waals surface area contributed by atoms with Gasteiger partial charge in [-0.1, -0.05) is 81.3 Å². The number of amides is 4. The number of nitrogens with zero attached hydrogens (tertiary/aromatic N) is 5. The predicted octanol–water partition coefficient (Wildman–Crippen LogP) is 16.3. The van der Waals surface area contributed by atoms with E-state index in [1.54, 1.807) is 50.4 Å². The number of hydrogen-bond donors (Lipinski definition) is 1. The highest BCUT2D eigenvalue weighted by molar-refractivity contribution is 5.70. The molecule has 5 aromatic carbocycles. The Morgan fingerprint density at radius 2 is 0.680 bits per heavy atom. The fourth-order valence-corrected chi connectivity index (χ4v) is 13.3. The van der Waals surface area contributed by atoms with Gasteiger partial charge in [-0.2, -0.15) is 14.9 Å². The number of ether oxygens (including phenoxy) is 9. The Morgan fingerprint density at radius 1 is 0.417 bits per heavy atom. The number of methoxy groups -OCH3 is 4. The van der Waals surface area contributed by atoms with Gasteiger partial charge >= 0.3 is 30.5 Å². The monoisotopic (exact) mass is 1430 g/mol. The van der Waals surface area contributed by atoms with E-state index in [0.717, 1.165) is 87.7 Å². The van der Waals surface area contributed by atoms with Crippen LogP contribution in [0.3, 0.4) is 0 Å². The van der Waals surface area contributed by atoms with Crippen LogP contribution >= 0.6 is 0 Å². The summed E-state index contributed by atoms with van der Waals surface area (Å²) in [4.78, 5) is 72.9. The number of aliphatic hydroxyl groups excluding tert-OH is 1. The lowest BCUT2D eigenvalue weighted by Gasteiger charge is -2.39. The first-order valence-corrected chi connectivity index (χ1v) is 35.9. The fourth-order valence-electron chi connectivity index (χ4n) is 13.3. The molecule has 4 aliphatic heterocycles. The largest absolute Gasteiger partial charge is 0.497 e. The molecule has 0 unspecified atom stereocenters. The summed E-state index contributed by atoms with van der Waals surface area (Å²) >= 11 is 0. The third-order valence-corrected chi connectivity index (χ3v) is 18.4. The highest BCUT2D eigenvalue weighted by atomic mass is 16.6. The van der Waals surface area contributed by atoms with E-state index < -0.39 is 22.4 Å². The maximum atomic E-state index is 12.7. The van der Waals surface area contributed by atoms with Crippen molar-refractivity contribution in [1.29, 1.82) is 5.26 Å². The molecule has 103 heavy (non-hydrogen) atoms. The zero-order valence-corrected chi connectivity index (χ0v) is 64.3. The molecular weight excluding hydrogens is 1310 g/mol. The molecule has 0 radical (unpaired) electrons. The quantitative estimate of drug-likeness (QED) is 0.102. The van der Waals surface area contributed by atoms with Crippen molar-refractivity contribution in [3.8, 4) is 34.8 Å². The molecule has 8 atom stereocenters. The Kier molecular flexibility index (Phi) is 33.0. The van der Waals surface area contributed by atoms with Gasteiger partial charge in [0.05, 0.1) is 46.7 Å². The summed E-state index contributed by atoms with van der Waals surface area (Å²) in [5.41, 5.74) is 3.69. The lowest BCUT2D eigenvalue weighted by Crippen LogP contribution is -2.46. The van der Waals surface area contributed by atoms with Crippen LogP contribution in [0.4, 0.5) is 19.2 Å². The summed E-state index contributed by atoms with van der Waals surface area (Å²) in [5.74, 6) is 6.54. The van der Waals surface area contributed by atoms with Crippen molar-refractivity contribution in [3.63, 3.8) is 0 Å². The van der Waals surface area contributed by atoms with E-state index in [-0.39, 0.29) is 60.8 Å². The first-order valence-electron chi connectivity index (χ1n) is 35.9. The van der Waals surface area contributed by atoms with Crippen molar-refractivity contribution >= 4 is 30.5 Å². The molecular formula is C82H115N5O16. The molecule has 0 bridgehead atoms. The molecule has 1 N–H and O–H groups in total. The van der Waals surface area contributed by atoms with E-state index in [2.05, 4.69) is 56.3 Å². The molecule has 21 heteroatoms. The number of nitriles is 1. The SMILES string of the molecule is CC[C@H]1CN(C(=O)OC(C)(C)C)CC[C@H]1c1ccc(OC)cc1.CC[C@H]1CN(C(=O)OC(C)(C)C)CC[C@H]1c1ccc(OC)cc1.COc1ccc([C@@H]2CCN(C(=O)OC(C)(C)C)C[C@@H]2CO)cc1.COc1ccc([C@@H]2CCN(C(=O)OC(C)(C)C)C[C@@H]2COc2cccc(C#N)c2)cc1.O=C=O. The molecule has 4 fully saturated rings. The average Bonchev–Trinajstić information content (AvgIpc) is 0.830. The van der Waals surface area contributed by atoms with Gasteiger partial charge in [0.15, 0.2) is 0 Å². The molecule has 0 spiro atoms. The molecule has 4 saturated heterocycles. The summed E-state index contributed by atoms with van der Waals surface area (Å²) in [6.07, 6.45) is 4.96. The Morgan fingerprint density at radius 3 is 0.932 bits per heavy atom. The lowest BCUT2D eigenvalue weighted by atomic mass is 9.79. The molecule has 4 aliphatic rings. The van der Waals surface area contributed by atoms with Crippen LogP contribution in [0, 0.1) is 35.0 Å². The van der Waals surface area contributed by atoms with Gasteiger partial charge in [0, 0.05) is 70.8 Å². The Balaban J connectivity index is 0.000000246. The maximum absolute atomic E-state index is 12.7. The number of likely N-dealkylation sites (tertiary alicyclic amines) is 4. The van der Waals surface area contributed by atoms with Gasteiger partial charge in [0.1, 0.15) is 51.2 Å². The molecule has 0 saturated carbocycles. The van der Waals surface area contributed by atoms with Crippen LogP contribution in [0.1, 0.15) is 187 Å². The molecule has 564 valence electrons. The lowest BCUT2D eigenvalue weighted by molar-refractivity contribution is -0.191. The molecule has 21 nitrogen and oxygen atoms in total. The molecule has 4 amide bonds. The second kappa shape index (κ2) is 40.2. The highest BCUT2D eigenvalue weighted by Crippen LogP contribution is 2.40. The van der Waals surface area contributed by atoms with Crippen LogP contribution in [0.25, 0.3) is 0 Å². The van der Waals surface area contributed by atoms with Crippen molar-refractivity contribution < 1.29 is 76.5 Å². The maximum Gasteiger partial charge on any atom is 0.410 e.